The van der Waals surface area contributed by atoms with Gasteiger partial charge in [0.1, 0.15) is 0 Å². The quantitative estimate of drug-likeness (QED) is 0.371. The minimum Gasteiger partial charge on any atom is -0.183 e. The van der Waals surface area contributed by atoms with Gasteiger partial charge in [-0.2, -0.15) is 28.0 Å². The van der Waals surface area contributed by atoms with Crippen LogP contribution in [-0.2, 0) is 0 Å². The van der Waals surface area contributed by atoms with Gasteiger partial charge in [-0.05, 0) is 0 Å². The molecule has 0 amide bonds. The molecule has 0 fully saturated rings. The summed E-state index contributed by atoms with van der Waals surface area (Å²) in [5.41, 5.74) is 0. The molecule has 68 valence electrons. The van der Waals surface area contributed by atoms with Crippen LogP contribution in [0.5, 0.6) is 0 Å². The van der Waals surface area contributed by atoms with Crippen LogP contribution in [0.3, 0.4) is 0 Å². The van der Waals surface area contributed by atoms with E-state index in [2.05, 4.69) is 0 Å². The van der Waals surface area contributed by atoms with Crippen molar-refractivity contribution in [2.45, 2.75) is 0 Å². The molecule has 11 heteroatoms. The Hall–Kier alpha value is 1.18. The zero-order valence-corrected chi connectivity index (χ0v) is 10.00. The second-order valence-corrected chi connectivity index (χ2v) is 2.38. The fourth-order valence-corrected chi connectivity index (χ4v) is 0. The first-order valence-corrected chi connectivity index (χ1v) is 3.79. The summed E-state index contributed by atoms with van der Waals surface area (Å²) in [7, 11) is -9.39. The number of halogens is 2. The average molecular weight is 408 g/mol. The zero-order valence-electron chi connectivity index (χ0n) is 4.60. The number of rotatable bonds is 0. The predicted molar refractivity (Wildman–Crippen MR) is 10.2 cm³/mol. The Kier molecular flexibility index (Phi) is 11.0. The van der Waals surface area contributed by atoms with E-state index in [0.29, 0.717) is 0 Å². The first kappa shape index (κ1) is 18.1. The van der Waals surface area contributed by atoms with Gasteiger partial charge in [-0.15, -0.1) is 0 Å². The molecular weight excluding hydrogens is 406 g/mol. The van der Waals surface area contributed by atoms with Crippen molar-refractivity contribution >= 4 is 27.3 Å². The van der Waals surface area contributed by atoms with E-state index >= 15 is 0 Å². The Labute approximate surface area is 84.9 Å². The largest absolute Gasteiger partial charge is 0.183 e. The third-order valence-electron chi connectivity index (χ3n) is 0. The van der Waals surface area contributed by atoms with E-state index < -0.39 is 20.5 Å². The van der Waals surface area contributed by atoms with E-state index in [1.165, 1.54) is 0 Å². The van der Waals surface area contributed by atoms with Crippen LogP contribution in [0, 0.1) is 20.5 Å². The Morgan fingerprint density at radius 2 is 0.636 bits per heavy atom. The zero-order chi connectivity index (χ0) is 9.00. The van der Waals surface area contributed by atoms with Gasteiger partial charge in [0.25, 0.3) is 0 Å². The molecule has 0 aromatic heterocycles. The molecule has 0 aromatic rings. The predicted octanol–water partition coefficient (Wildman–Crippen LogP) is -8.63. The summed E-state index contributed by atoms with van der Waals surface area (Å²) in [4.78, 5) is 0. The van der Waals surface area contributed by atoms with Crippen LogP contribution in [0.15, 0.2) is 0 Å². The fraction of sp³-hybridized carbons (Fsp3) is 0. The number of hydrogen-bond acceptors (Lipinski definition) is 8. The maximum absolute atomic E-state index is 8.60. The van der Waals surface area contributed by atoms with Crippen molar-refractivity contribution in [1.29, 1.82) is 0 Å². The standard InChI is InChI=1S/2ClHO4.Pb/c2*2-1(3,4)5;/h2*(H,2,3,4,5);. The first-order valence-electron chi connectivity index (χ1n) is 1.26. The topological polar surface area (TPSA) is 179 Å². The van der Waals surface area contributed by atoms with Crippen LogP contribution in [0.1, 0.15) is 0 Å². The smallest absolute Gasteiger partial charge is 0.0777 e. The molecule has 0 aliphatic heterocycles. The van der Waals surface area contributed by atoms with Gasteiger partial charge in [0.2, 0.25) is 0 Å². The fourth-order valence-electron chi connectivity index (χ4n) is 0. The third-order valence-corrected chi connectivity index (χ3v) is 0. The van der Waals surface area contributed by atoms with Crippen molar-refractivity contribution in [1.82, 2.24) is 0 Å². The molecule has 0 unspecified atom stereocenters. The van der Waals surface area contributed by atoms with Crippen LogP contribution < -0.4 is 28.0 Å². The second-order valence-electron chi connectivity index (χ2n) is 0.792. The summed E-state index contributed by atoms with van der Waals surface area (Å²) < 4.78 is 65.4. The summed E-state index contributed by atoms with van der Waals surface area (Å²) in [6.45, 7) is 0. The molecule has 0 aliphatic carbocycles. The van der Waals surface area contributed by atoms with E-state index in [-0.39, 0.29) is 27.3 Å². The van der Waals surface area contributed by atoms with Gasteiger partial charge in [-0.25, -0.2) is 0 Å². The average Bonchev–Trinajstić information content (AvgIpc) is 1.12. The van der Waals surface area contributed by atoms with Crippen molar-refractivity contribution in [2.75, 3.05) is 0 Å². The third kappa shape index (κ3) is 675. The van der Waals surface area contributed by atoms with Crippen LogP contribution in [0.4, 0.5) is 0 Å². The molecule has 4 radical (unpaired) electrons. The van der Waals surface area contributed by atoms with Gasteiger partial charge in [0.05, 0.1) is 29.8 Å². The van der Waals surface area contributed by atoms with Gasteiger partial charge in [-0.3, -0.25) is 0 Å². The molecule has 2 N–H and O–H groups in total. The van der Waals surface area contributed by atoms with Crippen molar-refractivity contribution in [3.63, 3.8) is 0 Å². The maximum atomic E-state index is 8.60. The molecule has 0 spiro atoms. The maximum Gasteiger partial charge on any atom is 0.0777 e. The molecule has 8 nitrogen and oxygen atoms in total. The van der Waals surface area contributed by atoms with Gasteiger partial charge < -0.3 is 0 Å². The molecule has 0 aliphatic rings. The van der Waals surface area contributed by atoms with E-state index in [9.17, 15) is 0 Å². The van der Waals surface area contributed by atoms with Crippen molar-refractivity contribution in [2.24, 2.45) is 0 Å². The van der Waals surface area contributed by atoms with E-state index in [4.69, 9.17) is 37.3 Å². The Morgan fingerprint density at radius 3 is 0.636 bits per heavy atom. The van der Waals surface area contributed by atoms with E-state index in [1.54, 1.807) is 0 Å². The Balaban J connectivity index is -0.000000107. The van der Waals surface area contributed by atoms with Crippen LogP contribution in [0.25, 0.3) is 0 Å². The molecule has 0 heterocycles. The van der Waals surface area contributed by atoms with Crippen LogP contribution >= 0.6 is 0 Å². The summed E-state index contributed by atoms with van der Waals surface area (Å²) in [5, 5.41) is 0. The summed E-state index contributed by atoms with van der Waals surface area (Å²) in [5.74, 6) is 0. The summed E-state index contributed by atoms with van der Waals surface area (Å²) in [6.07, 6.45) is 0. The minimum absolute atomic E-state index is 0. The Morgan fingerprint density at radius 1 is 0.636 bits per heavy atom. The summed E-state index contributed by atoms with van der Waals surface area (Å²) >= 11 is 0. The number of hydrogen-bond donors (Lipinski definition) is 2. The van der Waals surface area contributed by atoms with Gasteiger partial charge in [0.15, 0.2) is 0 Å². The van der Waals surface area contributed by atoms with E-state index in [1.807, 2.05) is 0 Å². The van der Waals surface area contributed by atoms with Crippen molar-refractivity contribution in [3.8, 4) is 0 Å². The van der Waals surface area contributed by atoms with E-state index in [0.717, 1.165) is 0 Å². The molecule has 0 saturated carbocycles. The first-order chi connectivity index (χ1) is 4.00. The van der Waals surface area contributed by atoms with Gasteiger partial charge >= 0.3 is 0 Å². The van der Waals surface area contributed by atoms with Gasteiger partial charge in [0, 0.05) is 27.3 Å². The molecule has 0 saturated heterocycles. The van der Waals surface area contributed by atoms with Crippen molar-refractivity contribution < 1.29 is 57.8 Å². The minimum atomic E-state index is -4.69. The molecular formula is H2Cl2O8Pb. The van der Waals surface area contributed by atoms with Crippen LogP contribution in [0.2, 0.25) is 0 Å². The molecule has 0 atom stereocenters. The Bertz CT molecular complexity index is 55.1. The normalized spacial score (nSPS) is 10.9. The summed E-state index contributed by atoms with van der Waals surface area (Å²) in [6, 6.07) is 0. The molecule has 0 rings (SSSR count). The second kappa shape index (κ2) is 6.67. The van der Waals surface area contributed by atoms with Gasteiger partial charge in [-0.1, -0.05) is 0 Å². The molecule has 0 aromatic carbocycles. The van der Waals surface area contributed by atoms with Crippen molar-refractivity contribution in [3.05, 3.63) is 0 Å². The molecule has 11 heavy (non-hydrogen) atoms. The molecule has 0 bridgehead atoms. The monoisotopic (exact) mass is 408 g/mol. The SMILES string of the molecule is [O-][Cl+3]([O-])([O-])O.[O-][Cl+3]([O-])([O-])O.[Pb]. The van der Waals surface area contributed by atoms with Crippen LogP contribution in [-0.4, -0.2) is 36.6 Å².